The molecule has 1 saturated heterocycles. The molecule has 1 aromatic rings. The Morgan fingerprint density at radius 1 is 1.22 bits per heavy atom. The zero-order chi connectivity index (χ0) is 13.0. The van der Waals surface area contributed by atoms with Crippen molar-refractivity contribution in [3.05, 3.63) is 23.8 Å². The molecule has 0 atom stereocenters. The maximum atomic E-state index is 5.98. The molecule has 1 aliphatic rings. The number of nitrogens with one attached hydrogen (secondary N) is 1. The molecule has 1 heterocycles. The number of aryl methyl sites for hydroxylation is 1. The number of nitrogens with zero attached hydrogens (tertiary/aromatic N) is 2. The van der Waals surface area contributed by atoms with E-state index in [0.29, 0.717) is 0 Å². The van der Waals surface area contributed by atoms with Gasteiger partial charge in [0.2, 0.25) is 0 Å². The molecule has 0 saturated carbocycles. The Morgan fingerprint density at radius 3 is 2.61 bits per heavy atom. The number of hydrogen-bond donors (Lipinski definition) is 2. The first kappa shape index (κ1) is 13.2. The predicted molar refractivity (Wildman–Crippen MR) is 78.0 cm³/mol. The minimum absolute atomic E-state index is 0.841. The number of rotatable bonds is 4. The van der Waals surface area contributed by atoms with Crippen LogP contribution in [0.5, 0.6) is 0 Å². The molecule has 0 radical (unpaired) electrons. The Kier molecular flexibility index (Phi) is 4.44. The monoisotopic (exact) mass is 248 g/mol. The summed E-state index contributed by atoms with van der Waals surface area (Å²) in [4.78, 5) is 4.87. The van der Waals surface area contributed by atoms with Gasteiger partial charge in [0.15, 0.2) is 0 Å². The van der Waals surface area contributed by atoms with Crippen molar-refractivity contribution in [2.24, 2.45) is 0 Å². The third-order valence-electron chi connectivity index (χ3n) is 3.55. The lowest BCUT2D eigenvalue weighted by Gasteiger charge is -2.32. The third-order valence-corrected chi connectivity index (χ3v) is 3.55. The highest BCUT2D eigenvalue weighted by Gasteiger charge is 2.12. The van der Waals surface area contributed by atoms with E-state index in [1.54, 1.807) is 0 Å². The third kappa shape index (κ3) is 3.62. The lowest BCUT2D eigenvalue weighted by Crippen LogP contribution is -2.45. The SMILES string of the molecule is Cc1ccc(NCCN2CCN(C)CC2)c(N)c1. The van der Waals surface area contributed by atoms with Gasteiger partial charge in [-0.05, 0) is 31.7 Å². The highest BCUT2D eigenvalue weighted by Crippen LogP contribution is 2.18. The smallest absolute Gasteiger partial charge is 0.0574 e. The quantitative estimate of drug-likeness (QED) is 0.787. The van der Waals surface area contributed by atoms with Gasteiger partial charge in [-0.3, -0.25) is 4.90 Å². The van der Waals surface area contributed by atoms with Crippen LogP contribution >= 0.6 is 0 Å². The van der Waals surface area contributed by atoms with Crippen LogP contribution in [0.1, 0.15) is 5.56 Å². The molecular weight excluding hydrogens is 224 g/mol. The van der Waals surface area contributed by atoms with Crippen molar-refractivity contribution < 1.29 is 0 Å². The summed E-state index contributed by atoms with van der Waals surface area (Å²) in [6.07, 6.45) is 0. The summed E-state index contributed by atoms with van der Waals surface area (Å²) in [5.74, 6) is 0. The summed E-state index contributed by atoms with van der Waals surface area (Å²) in [5, 5.41) is 3.42. The van der Waals surface area contributed by atoms with E-state index in [9.17, 15) is 0 Å². The van der Waals surface area contributed by atoms with Crippen LogP contribution in [0.15, 0.2) is 18.2 Å². The van der Waals surface area contributed by atoms with E-state index in [-0.39, 0.29) is 0 Å². The minimum Gasteiger partial charge on any atom is -0.397 e. The van der Waals surface area contributed by atoms with Crippen LogP contribution in [0.2, 0.25) is 0 Å². The minimum atomic E-state index is 0.841. The summed E-state index contributed by atoms with van der Waals surface area (Å²) in [5.41, 5.74) is 9.07. The van der Waals surface area contributed by atoms with Crippen molar-refractivity contribution in [3.63, 3.8) is 0 Å². The molecule has 4 nitrogen and oxygen atoms in total. The standard InChI is InChI=1S/C14H24N4/c1-12-3-4-14(13(15)11-12)16-5-6-18-9-7-17(2)8-10-18/h3-4,11,16H,5-10,15H2,1-2H3. The van der Waals surface area contributed by atoms with E-state index >= 15 is 0 Å². The molecule has 4 heteroatoms. The van der Waals surface area contributed by atoms with Crippen LogP contribution < -0.4 is 11.1 Å². The zero-order valence-electron chi connectivity index (χ0n) is 11.4. The average Bonchev–Trinajstić information content (AvgIpc) is 2.34. The fourth-order valence-electron chi connectivity index (χ4n) is 2.26. The lowest BCUT2D eigenvalue weighted by molar-refractivity contribution is 0.158. The van der Waals surface area contributed by atoms with Gasteiger partial charge in [-0.1, -0.05) is 6.07 Å². The first-order valence-electron chi connectivity index (χ1n) is 6.66. The second-order valence-corrected chi connectivity index (χ2v) is 5.16. The molecule has 100 valence electrons. The van der Waals surface area contributed by atoms with E-state index in [0.717, 1.165) is 24.5 Å². The molecule has 0 aliphatic carbocycles. The van der Waals surface area contributed by atoms with Gasteiger partial charge < -0.3 is 16.0 Å². The maximum Gasteiger partial charge on any atom is 0.0574 e. The normalized spacial score (nSPS) is 17.9. The summed E-state index contributed by atoms with van der Waals surface area (Å²) in [7, 11) is 2.18. The summed E-state index contributed by atoms with van der Waals surface area (Å²) < 4.78 is 0. The van der Waals surface area contributed by atoms with E-state index in [1.807, 2.05) is 6.07 Å². The van der Waals surface area contributed by atoms with Crippen molar-refractivity contribution in [3.8, 4) is 0 Å². The largest absolute Gasteiger partial charge is 0.397 e. The van der Waals surface area contributed by atoms with Gasteiger partial charge in [0.1, 0.15) is 0 Å². The van der Waals surface area contributed by atoms with Crippen LogP contribution in [0, 0.1) is 6.92 Å². The molecule has 0 unspecified atom stereocenters. The van der Waals surface area contributed by atoms with Gasteiger partial charge >= 0.3 is 0 Å². The fraction of sp³-hybridized carbons (Fsp3) is 0.571. The summed E-state index contributed by atoms with van der Waals surface area (Å²) in [6, 6.07) is 6.17. The summed E-state index contributed by atoms with van der Waals surface area (Å²) >= 11 is 0. The van der Waals surface area contributed by atoms with Crippen molar-refractivity contribution in [1.29, 1.82) is 0 Å². The van der Waals surface area contributed by atoms with Gasteiger partial charge in [0, 0.05) is 39.3 Å². The fourth-order valence-corrected chi connectivity index (χ4v) is 2.26. The van der Waals surface area contributed by atoms with Crippen molar-refractivity contribution >= 4 is 11.4 Å². The molecule has 0 aromatic heterocycles. The van der Waals surface area contributed by atoms with Crippen LogP contribution in [-0.4, -0.2) is 56.1 Å². The summed E-state index contributed by atoms with van der Waals surface area (Å²) in [6.45, 7) is 8.78. The van der Waals surface area contributed by atoms with Crippen molar-refractivity contribution in [2.75, 3.05) is 57.4 Å². The highest BCUT2D eigenvalue weighted by atomic mass is 15.2. The molecule has 0 spiro atoms. The van der Waals surface area contributed by atoms with Crippen molar-refractivity contribution in [2.45, 2.75) is 6.92 Å². The average molecular weight is 248 g/mol. The number of piperazine rings is 1. The van der Waals surface area contributed by atoms with Crippen LogP contribution in [-0.2, 0) is 0 Å². The van der Waals surface area contributed by atoms with Crippen LogP contribution in [0.4, 0.5) is 11.4 Å². The van der Waals surface area contributed by atoms with Crippen LogP contribution in [0.3, 0.4) is 0 Å². The zero-order valence-corrected chi connectivity index (χ0v) is 11.4. The number of anilines is 2. The van der Waals surface area contributed by atoms with E-state index in [2.05, 4.69) is 41.2 Å². The Bertz CT molecular complexity index is 383. The Labute approximate surface area is 110 Å². The number of nitrogens with two attached hydrogens (primary N) is 1. The van der Waals surface area contributed by atoms with E-state index in [1.165, 1.54) is 31.7 Å². The lowest BCUT2D eigenvalue weighted by atomic mass is 10.2. The first-order valence-corrected chi connectivity index (χ1v) is 6.66. The Balaban J connectivity index is 1.75. The molecule has 1 aliphatic heterocycles. The second kappa shape index (κ2) is 6.07. The highest BCUT2D eigenvalue weighted by molar-refractivity contribution is 5.66. The Morgan fingerprint density at radius 2 is 1.94 bits per heavy atom. The predicted octanol–water partition coefficient (Wildman–Crippen LogP) is 1.24. The topological polar surface area (TPSA) is 44.5 Å². The van der Waals surface area contributed by atoms with Crippen molar-refractivity contribution in [1.82, 2.24) is 9.80 Å². The second-order valence-electron chi connectivity index (χ2n) is 5.16. The van der Waals surface area contributed by atoms with E-state index < -0.39 is 0 Å². The molecule has 3 N–H and O–H groups in total. The molecule has 1 aromatic carbocycles. The number of nitrogen functional groups attached to an aromatic ring is 1. The van der Waals surface area contributed by atoms with Crippen LogP contribution in [0.25, 0.3) is 0 Å². The van der Waals surface area contributed by atoms with E-state index in [4.69, 9.17) is 5.73 Å². The Hall–Kier alpha value is -1.26. The van der Waals surface area contributed by atoms with Gasteiger partial charge in [0.25, 0.3) is 0 Å². The molecule has 18 heavy (non-hydrogen) atoms. The van der Waals surface area contributed by atoms with Gasteiger partial charge in [-0.25, -0.2) is 0 Å². The first-order chi connectivity index (χ1) is 8.65. The molecule has 0 amide bonds. The molecule has 0 bridgehead atoms. The van der Waals surface area contributed by atoms with Gasteiger partial charge in [0.05, 0.1) is 11.4 Å². The number of likely N-dealkylation sites (N-methyl/N-ethyl adjacent to an activating group) is 1. The molecular formula is C14H24N4. The number of benzene rings is 1. The number of hydrogen-bond acceptors (Lipinski definition) is 4. The van der Waals surface area contributed by atoms with Gasteiger partial charge in [-0.15, -0.1) is 0 Å². The van der Waals surface area contributed by atoms with Gasteiger partial charge in [-0.2, -0.15) is 0 Å². The molecule has 2 rings (SSSR count). The maximum absolute atomic E-state index is 5.98. The molecule has 1 fully saturated rings.